The van der Waals surface area contributed by atoms with Gasteiger partial charge in [0.1, 0.15) is 17.8 Å². The molecular formula is C29H31N3O4. The van der Waals surface area contributed by atoms with Crippen molar-refractivity contribution in [1.29, 1.82) is 0 Å². The molecule has 0 unspecified atom stereocenters. The van der Waals surface area contributed by atoms with Gasteiger partial charge < -0.3 is 19.2 Å². The number of nitrogens with zero attached hydrogens (tertiary/aromatic N) is 2. The third-order valence-electron chi connectivity index (χ3n) is 5.81. The van der Waals surface area contributed by atoms with Gasteiger partial charge in [0.05, 0.1) is 13.2 Å². The molecule has 0 bridgehead atoms. The van der Waals surface area contributed by atoms with Gasteiger partial charge in [-0.15, -0.1) is 0 Å². The highest BCUT2D eigenvalue weighted by molar-refractivity contribution is 5.91. The SMILES string of the molecule is COCCNC(=O)c1coc(CN(Cc2cccc(Oc3ccccc3)c2)[C@H](C)c2ccccc2)n1. The van der Waals surface area contributed by atoms with Crippen LogP contribution in [0.4, 0.5) is 0 Å². The summed E-state index contributed by atoms with van der Waals surface area (Å²) in [6, 6.07) is 28.2. The van der Waals surface area contributed by atoms with E-state index in [-0.39, 0.29) is 17.6 Å². The van der Waals surface area contributed by atoms with Gasteiger partial charge in [0, 0.05) is 26.2 Å². The summed E-state index contributed by atoms with van der Waals surface area (Å²) in [6.45, 7) is 4.08. The summed E-state index contributed by atoms with van der Waals surface area (Å²) in [7, 11) is 1.59. The standard InChI is InChI=1S/C29H31N3O4/c1-22(24-11-5-3-6-12-24)32(20-28-31-27(21-35-28)29(33)30-16-17-34-2)19-23-10-9-15-26(18-23)36-25-13-7-4-8-14-25/h3-15,18,21-22H,16-17,19-20H2,1-2H3,(H,30,33)/t22-/m1/s1. The fourth-order valence-corrected chi connectivity index (χ4v) is 3.86. The van der Waals surface area contributed by atoms with Crippen molar-refractivity contribution < 1.29 is 18.7 Å². The summed E-state index contributed by atoms with van der Waals surface area (Å²) in [5.74, 6) is 1.76. The number of rotatable bonds is 12. The van der Waals surface area contributed by atoms with Gasteiger partial charge in [0.2, 0.25) is 5.89 Å². The fraction of sp³-hybridized carbons (Fsp3) is 0.241. The summed E-state index contributed by atoms with van der Waals surface area (Å²) >= 11 is 0. The molecule has 0 saturated carbocycles. The third-order valence-corrected chi connectivity index (χ3v) is 5.81. The van der Waals surface area contributed by atoms with Crippen LogP contribution in [-0.4, -0.2) is 36.1 Å². The molecule has 4 rings (SSSR count). The summed E-state index contributed by atoms with van der Waals surface area (Å²) in [5, 5.41) is 2.77. The van der Waals surface area contributed by atoms with Crippen LogP contribution >= 0.6 is 0 Å². The second-order valence-electron chi connectivity index (χ2n) is 8.43. The largest absolute Gasteiger partial charge is 0.457 e. The van der Waals surface area contributed by atoms with Crippen LogP contribution in [0.3, 0.4) is 0 Å². The number of carbonyl (C=O) groups is 1. The predicted octanol–water partition coefficient (Wildman–Crippen LogP) is 5.61. The average Bonchev–Trinajstić information content (AvgIpc) is 3.38. The number of hydrogen-bond acceptors (Lipinski definition) is 6. The van der Waals surface area contributed by atoms with E-state index < -0.39 is 0 Å². The lowest BCUT2D eigenvalue weighted by molar-refractivity contribution is 0.0932. The highest BCUT2D eigenvalue weighted by atomic mass is 16.5. The molecule has 1 amide bonds. The Morgan fingerprint density at radius 3 is 2.44 bits per heavy atom. The minimum absolute atomic E-state index is 0.0794. The maximum atomic E-state index is 12.3. The van der Waals surface area contributed by atoms with Crippen LogP contribution in [-0.2, 0) is 17.8 Å². The van der Waals surface area contributed by atoms with Gasteiger partial charge in [-0.25, -0.2) is 4.98 Å². The van der Waals surface area contributed by atoms with E-state index in [4.69, 9.17) is 13.9 Å². The molecule has 7 heteroatoms. The van der Waals surface area contributed by atoms with Crippen LogP contribution in [0.2, 0.25) is 0 Å². The molecule has 0 aliphatic heterocycles. The summed E-state index contributed by atoms with van der Waals surface area (Å²) in [5.41, 5.74) is 2.53. The normalized spacial score (nSPS) is 11.9. The smallest absolute Gasteiger partial charge is 0.273 e. The minimum atomic E-state index is -0.282. The zero-order valence-corrected chi connectivity index (χ0v) is 20.6. The van der Waals surface area contributed by atoms with E-state index in [0.29, 0.717) is 32.1 Å². The molecule has 0 radical (unpaired) electrons. The van der Waals surface area contributed by atoms with Crippen molar-refractivity contribution >= 4 is 5.91 Å². The van der Waals surface area contributed by atoms with E-state index in [1.54, 1.807) is 7.11 Å². The van der Waals surface area contributed by atoms with Crippen LogP contribution in [0.5, 0.6) is 11.5 Å². The van der Waals surface area contributed by atoms with Crippen molar-refractivity contribution in [2.24, 2.45) is 0 Å². The number of amides is 1. The first kappa shape index (κ1) is 25.2. The van der Waals surface area contributed by atoms with Gasteiger partial charge in [-0.2, -0.15) is 0 Å². The number of methoxy groups -OCH3 is 1. The fourth-order valence-electron chi connectivity index (χ4n) is 3.86. The molecular weight excluding hydrogens is 454 g/mol. The van der Waals surface area contributed by atoms with Crippen molar-refractivity contribution in [3.05, 3.63) is 114 Å². The first-order chi connectivity index (χ1) is 17.6. The highest BCUT2D eigenvalue weighted by Gasteiger charge is 2.20. The lowest BCUT2D eigenvalue weighted by atomic mass is 10.1. The Hall–Kier alpha value is -3.94. The van der Waals surface area contributed by atoms with Crippen LogP contribution in [0.15, 0.2) is 95.6 Å². The monoisotopic (exact) mass is 485 g/mol. The van der Waals surface area contributed by atoms with Crippen molar-refractivity contribution in [1.82, 2.24) is 15.2 Å². The van der Waals surface area contributed by atoms with Crippen molar-refractivity contribution in [3.63, 3.8) is 0 Å². The van der Waals surface area contributed by atoms with Gasteiger partial charge in [0.15, 0.2) is 5.69 Å². The number of oxazole rings is 1. The highest BCUT2D eigenvalue weighted by Crippen LogP contribution is 2.27. The Labute approximate surface area is 211 Å². The second kappa shape index (κ2) is 12.7. The van der Waals surface area contributed by atoms with E-state index >= 15 is 0 Å². The Balaban J connectivity index is 1.51. The number of aromatic nitrogens is 1. The molecule has 186 valence electrons. The molecule has 4 aromatic rings. The lowest BCUT2D eigenvalue weighted by Crippen LogP contribution is -2.28. The quantitative estimate of drug-likeness (QED) is 0.263. The molecule has 1 atom stereocenters. The van der Waals surface area contributed by atoms with Crippen LogP contribution in [0, 0.1) is 0 Å². The number of hydrogen-bond donors (Lipinski definition) is 1. The Morgan fingerprint density at radius 1 is 0.972 bits per heavy atom. The average molecular weight is 486 g/mol. The zero-order valence-electron chi connectivity index (χ0n) is 20.6. The number of ether oxygens (including phenoxy) is 2. The number of nitrogens with one attached hydrogen (secondary N) is 1. The molecule has 36 heavy (non-hydrogen) atoms. The predicted molar refractivity (Wildman–Crippen MR) is 138 cm³/mol. The molecule has 7 nitrogen and oxygen atoms in total. The third kappa shape index (κ3) is 7.04. The molecule has 0 fully saturated rings. The topological polar surface area (TPSA) is 76.8 Å². The van der Waals surface area contributed by atoms with Crippen molar-refractivity contribution in [2.75, 3.05) is 20.3 Å². The summed E-state index contributed by atoms with van der Waals surface area (Å²) in [6.07, 6.45) is 1.40. The maximum absolute atomic E-state index is 12.3. The number of carbonyl (C=O) groups excluding carboxylic acids is 1. The van der Waals surface area contributed by atoms with Crippen molar-refractivity contribution in [2.45, 2.75) is 26.1 Å². The molecule has 0 saturated heterocycles. The van der Waals surface area contributed by atoms with E-state index in [0.717, 1.165) is 17.1 Å². The molecule has 3 aromatic carbocycles. The van der Waals surface area contributed by atoms with E-state index in [9.17, 15) is 4.79 Å². The van der Waals surface area contributed by atoms with Crippen molar-refractivity contribution in [3.8, 4) is 11.5 Å². The van der Waals surface area contributed by atoms with Gasteiger partial charge in [-0.05, 0) is 42.3 Å². The maximum Gasteiger partial charge on any atom is 0.273 e. The molecule has 1 heterocycles. The summed E-state index contributed by atoms with van der Waals surface area (Å²) < 4.78 is 16.7. The molecule has 0 aliphatic rings. The first-order valence-electron chi connectivity index (χ1n) is 11.9. The number of benzene rings is 3. The van der Waals surface area contributed by atoms with Crippen LogP contribution in [0.25, 0.3) is 0 Å². The summed E-state index contributed by atoms with van der Waals surface area (Å²) in [4.78, 5) is 19.0. The molecule has 0 aliphatic carbocycles. The lowest BCUT2D eigenvalue weighted by Gasteiger charge is -2.28. The number of para-hydroxylation sites is 1. The Bertz CT molecular complexity index is 1230. The van der Waals surface area contributed by atoms with Gasteiger partial charge >= 0.3 is 0 Å². The molecule has 1 N–H and O–H groups in total. The van der Waals surface area contributed by atoms with E-state index in [1.807, 2.05) is 66.7 Å². The molecule has 1 aromatic heterocycles. The second-order valence-corrected chi connectivity index (χ2v) is 8.43. The van der Waals surface area contributed by atoms with Gasteiger partial charge in [-0.3, -0.25) is 9.69 Å². The minimum Gasteiger partial charge on any atom is -0.457 e. The van der Waals surface area contributed by atoms with Crippen LogP contribution < -0.4 is 10.1 Å². The van der Waals surface area contributed by atoms with Crippen LogP contribution in [0.1, 0.15) is 40.5 Å². The Morgan fingerprint density at radius 2 is 1.69 bits per heavy atom. The van der Waals surface area contributed by atoms with E-state index in [2.05, 4.69) is 40.3 Å². The van der Waals surface area contributed by atoms with Gasteiger partial charge in [-0.1, -0.05) is 60.7 Å². The molecule has 0 spiro atoms. The zero-order chi connectivity index (χ0) is 25.2. The Kier molecular flexibility index (Phi) is 8.86. The van der Waals surface area contributed by atoms with E-state index in [1.165, 1.54) is 11.8 Å². The first-order valence-corrected chi connectivity index (χ1v) is 11.9. The van der Waals surface area contributed by atoms with Gasteiger partial charge in [0.25, 0.3) is 5.91 Å².